The van der Waals surface area contributed by atoms with E-state index >= 15 is 0 Å². The van der Waals surface area contributed by atoms with Crippen molar-refractivity contribution in [1.29, 1.82) is 0 Å². The number of urea groups is 1. The monoisotopic (exact) mass is 368 g/mol. The van der Waals surface area contributed by atoms with Gasteiger partial charge in [-0.05, 0) is 44.4 Å². The van der Waals surface area contributed by atoms with Gasteiger partial charge < -0.3 is 15.4 Å². The van der Waals surface area contributed by atoms with E-state index in [4.69, 9.17) is 4.74 Å². The van der Waals surface area contributed by atoms with Crippen LogP contribution in [0, 0.1) is 0 Å². The lowest BCUT2D eigenvalue weighted by Gasteiger charge is -2.22. The van der Waals surface area contributed by atoms with E-state index in [2.05, 4.69) is 26.6 Å². The molecule has 0 bridgehead atoms. The summed E-state index contributed by atoms with van der Waals surface area (Å²) in [6.45, 7) is 4.47. The Labute approximate surface area is 141 Å². The normalized spacial score (nSPS) is 16.7. The first-order valence-corrected chi connectivity index (χ1v) is 8.79. The predicted molar refractivity (Wildman–Crippen MR) is 91.9 cm³/mol. The quantitative estimate of drug-likeness (QED) is 0.791. The second-order valence-corrected chi connectivity index (χ2v) is 6.98. The zero-order valence-electron chi connectivity index (χ0n) is 13.3. The van der Waals surface area contributed by atoms with Crippen LogP contribution < -0.4 is 10.6 Å². The van der Waals surface area contributed by atoms with Gasteiger partial charge in [-0.3, -0.25) is 0 Å². The molecule has 2 N–H and O–H groups in total. The molecule has 1 aromatic carbocycles. The fourth-order valence-electron chi connectivity index (χ4n) is 2.77. The van der Waals surface area contributed by atoms with E-state index in [0.717, 1.165) is 22.9 Å². The van der Waals surface area contributed by atoms with Crippen LogP contribution in [0.3, 0.4) is 0 Å². The maximum absolute atomic E-state index is 12.0. The molecule has 0 spiro atoms. The number of hydrogen-bond donors (Lipinski definition) is 2. The van der Waals surface area contributed by atoms with Crippen LogP contribution in [0.2, 0.25) is 0 Å². The highest BCUT2D eigenvalue weighted by atomic mass is 79.9. The van der Waals surface area contributed by atoms with Crippen molar-refractivity contribution in [2.75, 3.05) is 6.54 Å². The Morgan fingerprint density at radius 3 is 2.73 bits per heavy atom. The lowest BCUT2D eigenvalue weighted by atomic mass is 10.1. The summed E-state index contributed by atoms with van der Waals surface area (Å²) in [4.78, 5) is 12.0. The molecular weight excluding hydrogens is 344 g/mol. The zero-order chi connectivity index (χ0) is 15.9. The molecule has 5 heteroatoms. The molecular formula is C17H25BrN2O2. The largest absolute Gasteiger partial charge is 0.369 e. The first-order valence-electron chi connectivity index (χ1n) is 8.00. The molecule has 1 saturated carbocycles. The minimum atomic E-state index is -0.146. The third kappa shape index (κ3) is 5.61. The number of benzene rings is 1. The first kappa shape index (κ1) is 17.3. The van der Waals surface area contributed by atoms with E-state index in [0.29, 0.717) is 12.6 Å². The van der Waals surface area contributed by atoms with Crippen LogP contribution in [-0.2, 0) is 4.74 Å². The second kappa shape index (κ2) is 8.53. The molecule has 2 rings (SSSR count). The molecule has 1 unspecified atom stereocenters. The van der Waals surface area contributed by atoms with Crippen molar-refractivity contribution in [2.24, 2.45) is 0 Å². The molecule has 1 fully saturated rings. The number of carbonyl (C=O) groups excluding carboxylic acids is 1. The number of carbonyl (C=O) groups is 1. The van der Waals surface area contributed by atoms with Gasteiger partial charge in [-0.1, -0.05) is 40.9 Å². The Balaban J connectivity index is 1.90. The van der Waals surface area contributed by atoms with Crippen LogP contribution in [0.15, 0.2) is 28.7 Å². The smallest absolute Gasteiger partial charge is 0.315 e. The van der Waals surface area contributed by atoms with E-state index in [1.165, 1.54) is 12.8 Å². The van der Waals surface area contributed by atoms with E-state index in [1.807, 2.05) is 38.1 Å². The molecule has 1 aromatic rings. The summed E-state index contributed by atoms with van der Waals surface area (Å²) in [5.74, 6) is 0. The van der Waals surface area contributed by atoms with E-state index in [9.17, 15) is 4.79 Å². The SMILES string of the molecule is CC(C)OC(CNC(=O)NC1CCCC1)c1cccc(Br)c1. The van der Waals surface area contributed by atoms with Gasteiger partial charge in [0.2, 0.25) is 0 Å². The summed E-state index contributed by atoms with van der Waals surface area (Å²) in [5.41, 5.74) is 1.06. The van der Waals surface area contributed by atoms with Crippen LogP contribution >= 0.6 is 15.9 Å². The van der Waals surface area contributed by atoms with Crippen molar-refractivity contribution in [3.05, 3.63) is 34.3 Å². The summed E-state index contributed by atoms with van der Waals surface area (Å²) in [7, 11) is 0. The summed E-state index contributed by atoms with van der Waals surface area (Å²) >= 11 is 3.48. The number of halogens is 1. The van der Waals surface area contributed by atoms with E-state index in [1.54, 1.807) is 0 Å². The van der Waals surface area contributed by atoms with Gasteiger partial charge in [0.1, 0.15) is 6.10 Å². The number of hydrogen-bond acceptors (Lipinski definition) is 2. The molecule has 0 heterocycles. The van der Waals surface area contributed by atoms with Crippen LogP contribution in [0.4, 0.5) is 4.79 Å². The number of amides is 2. The Morgan fingerprint density at radius 1 is 1.36 bits per heavy atom. The summed E-state index contributed by atoms with van der Waals surface area (Å²) in [5, 5.41) is 5.98. The molecule has 22 heavy (non-hydrogen) atoms. The van der Waals surface area contributed by atoms with E-state index in [-0.39, 0.29) is 18.2 Å². The molecule has 0 aromatic heterocycles. The lowest BCUT2D eigenvalue weighted by Crippen LogP contribution is -2.42. The summed E-state index contributed by atoms with van der Waals surface area (Å²) in [6.07, 6.45) is 4.55. The molecule has 0 aliphatic heterocycles. The zero-order valence-corrected chi connectivity index (χ0v) is 14.9. The highest BCUT2D eigenvalue weighted by Gasteiger charge is 2.19. The topological polar surface area (TPSA) is 50.4 Å². The van der Waals surface area contributed by atoms with Crippen molar-refractivity contribution in [2.45, 2.75) is 57.8 Å². The summed E-state index contributed by atoms with van der Waals surface area (Å²) < 4.78 is 6.96. The Kier molecular flexibility index (Phi) is 6.70. The van der Waals surface area contributed by atoms with Crippen molar-refractivity contribution >= 4 is 22.0 Å². The van der Waals surface area contributed by atoms with Crippen molar-refractivity contribution in [3.8, 4) is 0 Å². The number of rotatable bonds is 6. The van der Waals surface area contributed by atoms with Crippen LogP contribution in [0.1, 0.15) is 51.2 Å². The maximum atomic E-state index is 12.0. The standard InChI is InChI=1S/C17H25BrN2O2/c1-12(2)22-16(13-6-5-7-14(18)10-13)11-19-17(21)20-15-8-3-4-9-15/h5-7,10,12,15-16H,3-4,8-9,11H2,1-2H3,(H2,19,20,21). The number of ether oxygens (including phenoxy) is 1. The highest BCUT2D eigenvalue weighted by Crippen LogP contribution is 2.22. The Bertz CT molecular complexity index is 487. The molecule has 2 amide bonds. The van der Waals surface area contributed by atoms with Gasteiger partial charge in [0.05, 0.1) is 6.10 Å². The van der Waals surface area contributed by atoms with E-state index < -0.39 is 0 Å². The third-order valence-electron chi connectivity index (χ3n) is 3.80. The van der Waals surface area contributed by atoms with Crippen LogP contribution in [0.25, 0.3) is 0 Å². The molecule has 4 nitrogen and oxygen atoms in total. The average molecular weight is 369 g/mol. The van der Waals surface area contributed by atoms with Gasteiger partial charge in [-0.25, -0.2) is 4.79 Å². The van der Waals surface area contributed by atoms with Gasteiger partial charge in [0.15, 0.2) is 0 Å². The fraction of sp³-hybridized carbons (Fsp3) is 0.588. The minimum absolute atomic E-state index is 0.0979. The van der Waals surface area contributed by atoms with Gasteiger partial charge in [-0.2, -0.15) is 0 Å². The molecule has 1 atom stereocenters. The van der Waals surface area contributed by atoms with Crippen molar-refractivity contribution in [3.63, 3.8) is 0 Å². The highest BCUT2D eigenvalue weighted by molar-refractivity contribution is 9.10. The molecule has 1 aliphatic carbocycles. The second-order valence-electron chi connectivity index (χ2n) is 6.06. The third-order valence-corrected chi connectivity index (χ3v) is 4.29. The van der Waals surface area contributed by atoms with Gasteiger partial charge in [-0.15, -0.1) is 0 Å². The van der Waals surface area contributed by atoms with Gasteiger partial charge >= 0.3 is 6.03 Å². The van der Waals surface area contributed by atoms with Gasteiger partial charge in [0, 0.05) is 17.1 Å². The van der Waals surface area contributed by atoms with Crippen LogP contribution in [0.5, 0.6) is 0 Å². The molecule has 0 radical (unpaired) electrons. The fourth-order valence-corrected chi connectivity index (χ4v) is 3.19. The average Bonchev–Trinajstić information content (AvgIpc) is 2.96. The maximum Gasteiger partial charge on any atom is 0.315 e. The van der Waals surface area contributed by atoms with Gasteiger partial charge in [0.25, 0.3) is 0 Å². The Hall–Kier alpha value is -1.07. The predicted octanol–water partition coefficient (Wildman–Crippen LogP) is 4.16. The minimum Gasteiger partial charge on any atom is -0.369 e. The molecule has 0 saturated heterocycles. The lowest BCUT2D eigenvalue weighted by molar-refractivity contribution is 0.00846. The molecule has 1 aliphatic rings. The van der Waals surface area contributed by atoms with Crippen molar-refractivity contribution < 1.29 is 9.53 Å². The first-order chi connectivity index (χ1) is 10.5. The van der Waals surface area contributed by atoms with Crippen molar-refractivity contribution in [1.82, 2.24) is 10.6 Å². The molecule has 122 valence electrons. The Morgan fingerprint density at radius 2 is 2.09 bits per heavy atom. The van der Waals surface area contributed by atoms with Crippen LogP contribution in [-0.4, -0.2) is 24.7 Å². The number of nitrogens with one attached hydrogen (secondary N) is 2. The summed E-state index contributed by atoms with van der Waals surface area (Å²) in [6, 6.07) is 8.25.